The maximum Gasteiger partial charge on any atom is 0.228 e. The van der Waals surface area contributed by atoms with Crippen molar-refractivity contribution in [2.24, 2.45) is 5.41 Å². The number of thiophene rings is 1. The summed E-state index contributed by atoms with van der Waals surface area (Å²) in [7, 11) is 0. The molecule has 2 heterocycles. The monoisotopic (exact) mass is 266 g/mol. The lowest BCUT2D eigenvalue weighted by Gasteiger charge is -2.28. The zero-order chi connectivity index (χ0) is 13.0. The van der Waals surface area contributed by atoms with Gasteiger partial charge in [0.25, 0.3) is 0 Å². The third-order valence-electron chi connectivity index (χ3n) is 3.77. The lowest BCUT2D eigenvalue weighted by molar-refractivity contribution is -0.131. The highest BCUT2D eigenvalue weighted by Gasteiger charge is 2.40. The summed E-state index contributed by atoms with van der Waals surface area (Å²) < 4.78 is 0. The summed E-state index contributed by atoms with van der Waals surface area (Å²) >= 11 is 1.70. The van der Waals surface area contributed by atoms with E-state index in [9.17, 15) is 4.79 Å². The van der Waals surface area contributed by atoms with Gasteiger partial charge < -0.3 is 10.6 Å². The Morgan fingerprint density at radius 3 is 3.06 bits per heavy atom. The van der Waals surface area contributed by atoms with Crippen molar-refractivity contribution < 1.29 is 4.79 Å². The molecule has 1 aromatic heterocycles. The van der Waals surface area contributed by atoms with E-state index in [0.717, 1.165) is 32.4 Å². The second-order valence-electron chi connectivity index (χ2n) is 5.17. The van der Waals surface area contributed by atoms with Crippen LogP contribution in [0.25, 0.3) is 0 Å². The summed E-state index contributed by atoms with van der Waals surface area (Å²) in [6.07, 6.45) is 3.00. The molecular formula is C14H22N2OS. The lowest BCUT2D eigenvalue weighted by atomic mass is 9.81. The minimum absolute atomic E-state index is 0.117. The zero-order valence-electron chi connectivity index (χ0n) is 11.2. The first-order valence-corrected chi connectivity index (χ1v) is 7.61. The van der Waals surface area contributed by atoms with Crippen molar-refractivity contribution >= 4 is 17.2 Å². The molecule has 1 aliphatic rings. The van der Waals surface area contributed by atoms with Crippen LogP contribution in [0.15, 0.2) is 17.5 Å². The Labute approximate surface area is 113 Å². The molecule has 2 atom stereocenters. The predicted molar refractivity (Wildman–Crippen MR) is 75.7 cm³/mol. The third kappa shape index (κ3) is 2.75. The minimum atomic E-state index is -0.180. The van der Waals surface area contributed by atoms with Gasteiger partial charge in [0.2, 0.25) is 5.91 Å². The third-order valence-corrected chi connectivity index (χ3v) is 4.83. The Morgan fingerprint density at radius 1 is 1.67 bits per heavy atom. The molecule has 0 spiro atoms. The number of rotatable bonds is 5. The highest BCUT2D eigenvalue weighted by atomic mass is 32.1. The minimum Gasteiger partial charge on any atom is -0.348 e. The fraction of sp³-hybridized carbons (Fsp3) is 0.643. The van der Waals surface area contributed by atoms with Crippen molar-refractivity contribution in [2.75, 3.05) is 13.1 Å². The van der Waals surface area contributed by atoms with Crippen molar-refractivity contribution in [1.29, 1.82) is 0 Å². The van der Waals surface area contributed by atoms with Crippen LogP contribution in [-0.4, -0.2) is 19.0 Å². The molecule has 1 fully saturated rings. The van der Waals surface area contributed by atoms with Crippen LogP contribution in [0.3, 0.4) is 0 Å². The van der Waals surface area contributed by atoms with E-state index in [-0.39, 0.29) is 17.4 Å². The van der Waals surface area contributed by atoms with Crippen LogP contribution in [0.5, 0.6) is 0 Å². The SMILES string of the molecule is CCCC1(C(=O)N[C@@H](C)c2cccs2)CCNC1. The van der Waals surface area contributed by atoms with Crippen molar-refractivity contribution in [3.63, 3.8) is 0 Å². The van der Waals surface area contributed by atoms with E-state index in [2.05, 4.69) is 35.9 Å². The van der Waals surface area contributed by atoms with Gasteiger partial charge in [0.15, 0.2) is 0 Å². The number of hydrogen-bond donors (Lipinski definition) is 2. The molecule has 0 aromatic carbocycles. The molecule has 4 heteroatoms. The summed E-state index contributed by atoms with van der Waals surface area (Å²) in [6.45, 7) is 5.99. The molecule has 1 aromatic rings. The normalized spacial score (nSPS) is 25.0. The Kier molecular flexibility index (Phi) is 4.40. The molecule has 2 N–H and O–H groups in total. The first-order chi connectivity index (χ1) is 8.68. The zero-order valence-corrected chi connectivity index (χ0v) is 12.0. The largest absolute Gasteiger partial charge is 0.348 e. The Morgan fingerprint density at radius 2 is 2.50 bits per heavy atom. The highest BCUT2D eigenvalue weighted by Crippen LogP contribution is 2.32. The number of amides is 1. The molecule has 2 rings (SSSR count). The molecule has 0 aliphatic carbocycles. The second kappa shape index (κ2) is 5.85. The Hall–Kier alpha value is -0.870. The molecule has 100 valence electrons. The Balaban J connectivity index is 2.01. The summed E-state index contributed by atoms with van der Waals surface area (Å²) in [4.78, 5) is 13.7. The average Bonchev–Trinajstić information content (AvgIpc) is 3.00. The summed E-state index contributed by atoms with van der Waals surface area (Å²) in [6, 6.07) is 4.23. The predicted octanol–water partition coefficient (Wildman–Crippen LogP) is 2.71. The van der Waals surface area contributed by atoms with Crippen LogP contribution >= 0.6 is 11.3 Å². The maximum absolute atomic E-state index is 12.5. The van der Waals surface area contributed by atoms with Gasteiger partial charge in [0.05, 0.1) is 11.5 Å². The smallest absolute Gasteiger partial charge is 0.228 e. The molecule has 1 aliphatic heterocycles. The fourth-order valence-electron chi connectivity index (χ4n) is 2.70. The number of nitrogens with one attached hydrogen (secondary N) is 2. The van der Waals surface area contributed by atoms with Crippen molar-refractivity contribution in [2.45, 2.75) is 39.2 Å². The highest BCUT2D eigenvalue weighted by molar-refractivity contribution is 7.10. The van der Waals surface area contributed by atoms with E-state index in [4.69, 9.17) is 0 Å². The summed E-state index contributed by atoms with van der Waals surface area (Å²) in [5, 5.41) is 8.56. The molecule has 0 saturated carbocycles. The van der Waals surface area contributed by atoms with Gasteiger partial charge in [-0.1, -0.05) is 19.4 Å². The van der Waals surface area contributed by atoms with Gasteiger partial charge in [-0.05, 0) is 37.8 Å². The van der Waals surface area contributed by atoms with Gasteiger partial charge in [0, 0.05) is 11.4 Å². The van der Waals surface area contributed by atoms with E-state index in [1.807, 2.05) is 6.07 Å². The van der Waals surface area contributed by atoms with Crippen LogP contribution in [0.4, 0.5) is 0 Å². The van der Waals surface area contributed by atoms with Gasteiger partial charge in [-0.2, -0.15) is 0 Å². The van der Waals surface area contributed by atoms with E-state index < -0.39 is 0 Å². The average molecular weight is 266 g/mol. The molecular weight excluding hydrogens is 244 g/mol. The van der Waals surface area contributed by atoms with Crippen molar-refractivity contribution in [3.05, 3.63) is 22.4 Å². The van der Waals surface area contributed by atoms with Gasteiger partial charge in [-0.15, -0.1) is 11.3 Å². The van der Waals surface area contributed by atoms with Crippen LogP contribution < -0.4 is 10.6 Å². The molecule has 3 nitrogen and oxygen atoms in total. The maximum atomic E-state index is 12.5. The molecule has 18 heavy (non-hydrogen) atoms. The number of carbonyl (C=O) groups is 1. The van der Waals surface area contributed by atoms with Gasteiger partial charge in [0.1, 0.15) is 0 Å². The van der Waals surface area contributed by atoms with Gasteiger partial charge >= 0.3 is 0 Å². The summed E-state index contributed by atoms with van der Waals surface area (Å²) in [5.41, 5.74) is -0.180. The summed E-state index contributed by atoms with van der Waals surface area (Å²) in [5.74, 6) is 0.218. The van der Waals surface area contributed by atoms with Crippen molar-refractivity contribution in [1.82, 2.24) is 10.6 Å². The molecule has 1 amide bonds. The van der Waals surface area contributed by atoms with Gasteiger partial charge in [-0.3, -0.25) is 4.79 Å². The van der Waals surface area contributed by atoms with E-state index in [1.165, 1.54) is 4.88 Å². The van der Waals surface area contributed by atoms with Crippen molar-refractivity contribution in [3.8, 4) is 0 Å². The van der Waals surface area contributed by atoms with Crippen LogP contribution in [0, 0.1) is 5.41 Å². The molecule has 1 unspecified atom stereocenters. The first-order valence-electron chi connectivity index (χ1n) is 6.73. The number of carbonyl (C=O) groups excluding carboxylic acids is 1. The first kappa shape index (κ1) is 13.6. The van der Waals surface area contributed by atoms with E-state index >= 15 is 0 Å². The van der Waals surface area contributed by atoms with Crippen LogP contribution in [0.1, 0.15) is 44.0 Å². The molecule has 0 bridgehead atoms. The molecule has 1 saturated heterocycles. The van der Waals surface area contributed by atoms with Gasteiger partial charge in [-0.25, -0.2) is 0 Å². The van der Waals surface area contributed by atoms with E-state index in [0.29, 0.717) is 0 Å². The molecule has 0 radical (unpaired) electrons. The lowest BCUT2D eigenvalue weighted by Crippen LogP contribution is -2.43. The van der Waals surface area contributed by atoms with Crippen LogP contribution in [0.2, 0.25) is 0 Å². The standard InChI is InChI=1S/C14H22N2OS/c1-3-6-14(7-8-15-10-14)13(17)16-11(2)12-5-4-9-18-12/h4-5,9,11,15H,3,6-8,10H2,1-2H3,(H,16,17)/t11-,14?/m0/s1. The topological polar surface area (TPSA) is 41.1 Å². The number of hydrogen-bond acceptors (Lipinski definition) is 3. The van der Waals surface area contributed by atoms with Crippen LogP contribution in [-0.2, 0) is 4.79 Å². The second-order valence-corrected chi connectivity index (χ2v) is 6.15. The fourth-order valence-corrected chi connectivity index (χ4v) is 3.44. The quantitative estimate of drug-likeness (QED) is 0.860. The Bertz CT molecular complexity index is 383. The van der Waals surface area contributed by atoms with E-state index in [1.54, 1.807) is 11.3 Å².